The Balaban J connectivity index is 1.36. The molecule has 1 amide bonds. The quantitative estimate of drug-likeness (QED) is 0.512. The Labute approximate surface area is 188 Å². The van der Waals surface area contributed by atoms with Gasteiger partial charge in [-0.1, -0.05) is 0 Å². The number of anilines is 1. The third-order valence-corrected chi connectivity index (χ3v) is 6.42. The van der Waals surface area contributed by atoms with Crippen molar-refractivity contribution < 1.29 is 33.0 Å². The molecule has 0 unspecified atom stereocenters. The maximum atomic E-state index is 12.4. The Hall–Kier alpha value is -3.33. The van der Waals surface area contributed by atoms with E-state index in [2.05, 4.69) is 5.32 Å². The van der Waals surface area contributed by atoms with E-state index in [4.69, 9.17) is 18.6 Å². The van der Waals surface area contributed by atoms with Crippen molar-refractivity contribution in [3.63, 3.8) is 0 Å². The summed E-state index contributed by atoms with van der Waals surface area (Å²) in [7, 11) is 1.56. The van der Waals surface area contributed by atoms with Crippen LogP contribution in [-0.2, 0) is 38.3 Å². The normalized spacial score (nSPS) is 12.4. The van der Waals surface area contributed by atoms with E-state index in [1.54, 1.807) is 32.2 Å². The van der Waals surface area contributed by atoms with Crippen molar-refractivity contribution in [3.8, 4) is 5.75 Å². The van der Waals surface area contributed by atoms with Gasteiger partial charge in [-0.15, -0.1) is 11.3 Å². The van der Waals surface area contributed by atoms with Crippen molar-refractivity contribution in [1.29, 1.82) is 0 Å². The molecule has 0 atom stereocenters. The van der Waals surface area contributed by atoms with Crippen LogP contribution in [0.1, 0.15) is 39.7 Å². The lowest BCUT2D eigenvalue weighted by Gasteiger charge is -2.08. The number of rotatable bonds is 8. The summed E-state index contributed by atoms with van der Waals surface area (Å²) in [5, 5.41) is 3.93. The van der Waals surface area contributed by atoms with Gasteiger partial charge in [-0.25, -0.2) is 4.79 Å². The first-order valence-corrected chi connectivity index (χ1v) is 11.1. The number of nitrogens with one attached hydrogen (secondary N) is 1. The summed E-state index contributed by atoms with van der Waals surface area (Å²) >= 11 is 1.38. The molecule has 1 aliphatic rings. The van der Waals surface area contributed by atoms with E-state index < -0.39 is 24.5 Å². The zero-order chi connectivity index (χ0) is 22.7. The molecule has 0 bridgehead atoms. The molecule has 0 spiro atoms. The summed E-state index contributed by atoms with van der Waals surface area (Å²) in [4.78, 5) is 38.1. The van der Waals surface area contributed by atoms with Crippen molar-refractivity contribution in [2.45, 2.75) is 32.6 Å². The molecule has 0 fully saturated rings. The molecule has 0 saturated heterocycles. The SMILES string of the molecule is CCOC(=O)c1c(NC(=O)COC(=O)Cc2coc3cc(OC)ccc23)sc2c1CCC2. The van der Waals surface area contributed by atoms with Crippen molar-refractivity contribution in [3.05, 3.63) is 46.0 Å². The number of hydrogen-bond donors (Lipinski definition) is 1. The van der Waals surface area contributed by atoms with Crippen molar-refractivity contribution in [2.24, 2.45) is 0 Å². The van der Waals surface area contributed by atoms with Gasteiger partial charge >= 0.3 is 11.9 Å². The van der Waals surface area contributed by atoms with E-state index in [9.17, 15) is 14.4 Å². The smallest absolute Gasteiger partial charge is 0.341 e. The average Bonchev–Trinajstić information content (AvgIpc) is 3.47. The number of furan rings is 1. The Morgan fingerprint density at radius 3 is 2.81 bits per heavy atom. The van der Waals surface area contributed by atoms with Gasteiger partial charge in [-0.05, 0) is 43.9 Å². The van der Waals surface area contributed by atoms with Gasteiger partial charge in [-0.2, -0.15) is 0 Å². The Bertz CT molecular complexity index is 1180. The molecular weight excluding hydrogens is 434 g/mol. The fourth-order valence-electron chi connectivity index (χ4n) is 3.75. The van der Waals surface area contributed by atoms with Gasteiger partial charge < -0.3 is 23.9 Å². The lowest BCUT2D eigenvalue weighted by molar-refractivity contribution is -0.146. The van der Waals surface area contributed by atoms with Crippen LogP contribution in [0.2, 0.25) is 0 Å². The van der Waals surface area contributed by atoms with Gasteiger partial charge in [-0.3, -0.25) is 9.59 Å². The van der Waals surface area contributed by atoms with Gasteiger partial charge in [0.25, 0.3) is 5.91 Å². The summed E-state index contributed by atoms with van der Waals surface area (Å²) in [6, 6.07) is 5.32. The number of amides is 1. The third-order valence-electron chi connectivity index (χ3n) is 5.22. The summed E-state index contributed by atoms with van der Waals surface area (Å²) in [6.45, 7) is 1.54. The molecule has 2 heterocycles. The molecule has 0 aliphatic heterocycles. The van der Waals surface area contributed by atoms with Crippen molar-refractivity contribution in [1.82, 2.24) is 0 Å². The second kappa shape index (κ2) is 9.44. The highest BCUT2D eigenvalue weighted by Crippen LogP contribution is 2.39. The first-order valence-electron chi connectivity index (χ1n) is 10.3. The van der Waals surface area contributed by atoms with Gasteiger partial charge in [0.05, 0.1) is 32.0 Å². The second-order valence-electron chi connectivity index (χ2n) is 7.29. The molecule has 1 aromatic carbocycles. The number of fused-ring (bicyclic) bond motifs is 2. The molecule has 1 aliphatic carbocycles. The molecule has 0 saturated carbocycles. The van der Waals surface area contributed by atoms with Crippen LogP contribution in [0, 0.1) is 0 Å². The van der Waals surface area contributed by atoms with E-state index in [0.29, 0.717) is 27.5 Å². The van der Waals surface area contributed by atoms with Crippen LogP contribution >= 0.6 is 11.3 Å². The summed E-state index contributed by atoms with van der Waals surface area (Å²) in [6.07, 6.45) is 4.10. The summed E-state index contributed by atoms with van der Waals surface area (Å²) in [5.41, 5.74) is 2.63. The molecule has 4 rings (SSSR count). The molecular formula is C23H23NO7S. The highest BCUT2D eigenvalue weighted by Gasteiger charge is 2.28. The van der Waals surface area contributed by atoms with Gasteiger partial charge in [0.1, 0.15) is 16.3 Å². The Kier molecular flexibility index (Phi) is 6.45. The minimum Gasteiger partial charge on any atom is -0.497 e. The minimum absolute atomic E-state index is 0.0337. The monoisotopic (exact) mass is 457 g/mol. The van der Waals surface area contributed by atoms with Crippen LogP contribution in [-0.4, -0.2) is 38.2 Å². The van der Waals surface area contributed by atoms with Crippen LogP contribution < -0.4 is 10.1 Å². The fraction of sp³-hybridized carbons (Fsp3) is 0.348. The number of carbonyl (C=O) groups is 3. The fourth-order valence-corrected chi connectivity index (χ4v) is 5.05. The predicted molar refractivity (Wildman–Crippen MR) is 118 cm³/mol. The number of esters is 2. The lowest BCUT2D eigenvalue weighted by atomic mass is 10.1. The molecule has 2 aromatic heterocycles. The van der Waals surface area contributed by atoms with Crippen LogP contribution in [0.25, 0.3) is 11.0 Å². The predicted octanol–water partition coefficient (Wildman–Crippen LogP) is 3.89. The highest BCUT2D eigenvalue weighted by atomic mass is 32.1. The van der Waals surface area contributed by atoms with Gasteiger partial charge in [0, 0.05) is 21.9 Å². The number of thiophene rings is 1. The zero-order valence-electron chi connectivity index (χ0n) is 17.8. The maximum Gasteiger partial charge on any atom is 0.341 e. The lowest BCUT2D eigenvalue weighted by Crippen LogP contribution is -2.22. The van der Waals surface area contributed by atoms with Crippen LogP contribution in [0.3, 0.4) is 0 Å². The molecule has 168 valence electrons. The number of aryl methyl sites for hydroxylation is 1. The van der Waals surface area contributed by atoms with Crippen LogP contribution in [0.4, 0.5) is 5.00 Å². The van der Waals surface area contributed by atoms with Crippen molar-refractivity contribution in [2.75, 3.05) is 25.6 Å². The molecule has 3 aromatic rings. The van der Waals surface area contributed by atoms with Crippen LogP contribution in [0.15, 0.2) is 28.9 Å². The van der Waals surface area contributed by atoms with E-state index in [1.807, 2.05) is 0 Å². The minimum atomic E-state index is -0.557. The number of hydrogen-bond acceptors (Lipinski definition) is 8. The molecule has 8 nitrogen and oxygen atoms in total. The second-order valence-corrected chi connectivity index (χ2v) is 8.40. The number of benzene rings is 1. The number of ether oxygens (including phenoxy) is 3. The molecule has 32 heavy (non-hydrogen) atoms. The Morgan fingerprint density at radius 2 is 2.03 bits per heavy atom. The molecule has 0 radical (unpaired) electrons. The third kappa shape index (κ3) is 4.47. The summed E-state index contributed by atoms with van der Waals surface area (Å²) < 4.78 is 20.9. The largest absolute Gasteiger partial charge is 0.497 e. The van der Waals surface area contributed by atoms with E-state index in [0.717, 1.165) is 35.1 Å². The van der Waals surface area contributed by atoms with Crippen molar-refractivity contribution >= 4 is 45.2 Å². The average molecular weight is 458 g/mol. The van der Waals surface area contributed by atoms with Gasteiger partial charge in [0.15, 0.2) is 6.61 Å². The zero-order valence-corrected chi connectivity index (χ0v) is 18.6. The van der Waals surface area contributed by atoms with E-state index >= 15 is 0 Å². The first-order chi connectivity index (χ1) is 15.5. The topological polar surface area (TPSA) is 104 Å². The summed E-state index contributed by atoms with van der Waals surface area (Å²) in [5.74, 6) is -0.856. The van der Waals surface area contributed by atoms with E-state index in [1.165, 1.54) is 17.6 Å². The van der Waals surface area contributed by atoms with E-state index in [-0.39, 0.29) is 13.0 Å². The first kappa shape index (κ1) is 21.9. The highest BCUT2D eigenvalue weighted by molar-refractivity contribution is 7.17. The molecule has 9 heteroatoms. The molecule has 1 N–H and O–H groups in total. The number of methoxy groups -OCH3 is 1. The maximum absolute atomic E-state index is 12.4. The standard InChI is InChI=1S/C23H23NO7S/c1-3-29-23(27)21-16-5-4-6-18(16)32-22(21)24-19(25)12-31-20(26)9-13-11-30-17-10-14(28-2)7-8-15(13)17/h7-8,10-11H,3-6,9,12H2,1-2H3,(H,24,25). The van der Waals surface area contributed by atoms with Gasteiger partial charge in [0.2, 0.25) is 0 Å². The Morgan fingerprint density at radius 1 is 1.19 bits per heavy atom. The number of carbonyl (C=O) groups excluding carboxylic acids is 3. The van der Waals surface area contributed by atoms with Crippen LogP contribution in [0.5, 0.6) is 5.75 Å².